The topological polar surface area (TPSA) is 66.8 Å². The Hall–Kier alpha value is -1.49. The van der Waals surface area contributed by atoms with Gasteiger partial charge in [0, 0.05) is 5.82 Å². The molecule has 4 nitrogen and oxygen atoms in total. The number of carbonyl (C=O) groups is 1. The molecule has 17 heavy (non-hydrogen) atoms. The van der Waals surface area contributed by atoms with E-state index in [0.29, 0.717) is 18.1 Å². The van der Waals surface area contributed by atoms with E-state index in [0.717, 1.165) is 18.4 Å². The van der Waals surface area contributed by atoms with Crippen molar-refractivity contribution in [3.63, 3.8) is 0 Å². The maximum atomic E-state index is 11.0. The van der Waals surface area contributed by atoms with Gasteiger partial charge in [-0.1, -0.05) is 25.0 Å². The van der Waals surface area contributed by atoms with Gasteiger partial charge in [0.2, 0.25) is 0 Å². The van der Waals surface area contributed by atoms with Crippen LogP contribution < -0.4 is 4.65 Å². The first-order chi connectivity index (χ1) is 8.16. The fourth-order valence-electron chi connectivity index (χ4n) is 2.54. The molecule has 0 aromatic heterocycles. The van der Waals surface area contributed by atoms with E-state index < -0.39 is 13.1 Å². The van der Waals surface area contributed by atoms with Crippen LogP contribution in [0, 0.1) is 5.92 Å². The first-order valence-corrected chi connectivity index (χ1v) is 5.86. The molecule has 0 spiro atoms. The summed E-state index contributed by atoms with van der Waals surface area (Å²) in [6.45, 7) is 0. The Balaban J connectivity index is 1.97. The van der Waals surface area contributed by atoms with E-state index in [-0.39, 0.29) is 11.4 Å². The van der Waals surface area contributed by atoms with Crippen LogP contribution in [0.3, 0.4) is 0 Å². The molecule has 5 heteroatoms. The monoisotopic (exact) mass is 232 g/mol. The van der Waals surface area contributed by atoms with Crippen molar-refractivity contribution in [2.75, 3.05) is 0 Å². The second-order valence-electron chi connectivity index (χ2n) is 4.81. The highest BCUT2D eigenvalue weighted by Gasteiger charge is 2.45. The average Bonchev–Trinajstić information content (AvgIpc) is 3.11. The molecule has 1 aromatic carbocycles. The third-order valence-electron chi connectivity index (χ3n) is 3.61. The lowest BCUT2D eigenvalue weighted by Crippen LogP contribution is -2.35. The SMILES string of the molecule is O=C(O)c1cccc2c1OB(O)[C@@H](C1CC1)C2. The fraction of sp³-hybridized carbons (Fsp3) is 0.417. The van der Waals surface area contributed by atoms with Gasteiger partial charge in [-0.2, -0.15) is 0 Å². The predicted octanol–water partition coefficient (Wildman–Crippen LogP) is 1.58. The molecule has 0 saturated heterocycles. The van der Waals surface area contributed by atoms with Crippen molar-refractivity contribution in [1.29, 1.82) is 0 Å². The number of fused-ring (bicyclic) bond motifs is 1. The maximum Gasteiger partial charge on any atom is 0.526 e. The van der Waals surface area contributed by atoms with E-state index in [1.54, 1.807) is 6.07 Å². The molecule has 1 saturated carbocycles. The van der Waals surface area contributed by atoms with Gasteiger partial charge in [0.1, 0.15) is 5.75 Å². The number of benzene rings is 1. The van der Waals surface area contributed by atoms with E-state index in [2.05, 4.69) is 0 Å². The molecule has 1 aromatic rings. The normalized spacial score (nSPS) is 22.9. The largest absolute Gasteiger partial charge is 0.535 e. The molecule has 1 aliphatic carbocycles. The van der Waals surface area contributed by atoms with Crippen molar-refractivity contribution in [2.45, 2.75) is 25.1 Å². The van der Waals surface area contributed by atoms with Crippen LogP contribution in [0.1, 0.15) is 28.8 Å². The van der Waals surface area contributed by atoms with Crippen molar-refractivity contribution < 1.29 is 19.6 Å². The van der Waals surface area contributed by atoms with Crippen molar-refractivity contribution in [3.8, 4) is 5.75 Å². The Kier molecular flexibility index (Phi) is 2.36. The molecule has 2 N–H and O–H groups in total. The number of rotatable bonds is 2. The molecule has 0 unspecified atom stereocenters. The third-order valence-corrected chi connectivity index (χ3v) is 3.61. The van der Waals surface area contributed by atoms with Crippen LogP contribution >= 0.6 is 0 Å². The molecule has 1 aliphatic heterocycles. The van der Waals surface area contributed by atoms with Gasteiger partial charge in [0.15, 0.2) is 0 Å². The summed E-state index contributed by atoms with van der Waals surface area (Å²) in [6, 6.07) is 5.11. The number of hydrogen-bond donors (Lipinski definition) is 2. The van der Waals surface area contributed by atoms with E-state index >= 15 is 0 Å². The zero-order valence-electron chi connectivity index (χ0n) is 9.30. The minimum atomic E-state index is -1.01. The number of carboxylic acid groups (broad SMARTS) is 1. The first kappa shape index (κ1) is 10.7. The zero-order valence-corrected chi connectivity index (χ0v) is 9.30. The van der Waals surface area contributed by atoms with Gasteiger partial charge in [0.25, 0.3) is 0 Å². The predicted molar refractivity (Wildman–Crippen MR) is 62.2 cm³/mol. The molecule has 0 bridgehead atoms. The van der Waals surface area contributed by atoms with Crippen LogP contribution in [0.5, 0.6) is 5.75 Å². The van der Waals surface area contributed by atoms with Gasteiger partial charge < -0.3 is 14.8 Å². The van der Waals surface area contributed by atoms with Gasteiger partial charge in [0.05, 0.1) is 5.56 Å². The molecule has 1 fully saturated rings. The minimum absolute atomic E-state index is 0.117. The summed E-state index contributed by atoms with van der Waals surface area (Å²) in [5.41, 5.74) is 1.03. The Bertz CT molecular complexity index is 470. The molecular weight excluding hydrogens is 219 g/mol. The Labute approximate surface area is 99.4 Å². The summed E-state index contributed by atoms with van der Waals surface area (Å²) in [4.78, 5) is 11.0. The van der Waals surface area contributed by atoms with Gasteiger partial charge in [-0.25, -0.2) is 4.79 Å². The van der Waals surface area contributed by atoms with Crippen molar-refractivity contribution in [3.05, 3.63) is 29.3 Å². The van der Waals surface area contributed by atoms with Crippen molar-refractivity contribution in [2.24, 2.45) is 5.92 Å². The van der Waals surface area contributed by atoms with Crippen molar-refractivity contribution >= 4 is 13.1 Å². The second kappa shape index (κ2) is 3.77. The molecule has 0 amide bonds. The van der Waals surface area contributed by atoms with Gasteiger partial charge in [-0.05, 0) is 24.0 Å². The van der Waals surface area contributed by atoms with Crippen LogP contribution in [-0.4, -0.2) is 23.2 Å². The second-order valence-corrected chi connectivity index (χ2v) is 4.81. The van der Waals surface area contributed by atoms with Crippen LogP contribution in [0.15, 0.2) is 18.2 Å². The summed E-state index contributed by atoms with van der Waals surface area (Å²) in [7, 11) is -0.865. The first-order valence-electron chi connectivity index (χ1n) is 5.86. The van der Waals surface area contributed by atoms with Crippen LogP contribution in [-0.2, 0) is 6.42 Å². The fourth-order valence-corrected chi connectivity index (χ4v) is 2.54. The van der Waals surface area contributed by atoms with Crippen LogP contribution in [0.2, 0.25) is 5.82 Å². The van der Waals surface area contributed by atoms with Gasteiger partial charge in [-0.15, -0.1) is 0 Å². The van der Waals surface area contributed by atoms with Crippen LogP contribution in [0.25, 0.3) is 0 Å². The highest BCUT2D eigenvalue weighted by Crippen LogP contribution is 2.47. The van der Waals surface area contributed by atoms with Crippen LogP contribution in [0.4, 0.5) is 0 Å². The molecule has 88 valence electrons. The summed E-state index contributed by atoms with van der Waals surface area (Å²) in [6.07, 6.45) is 2.99. The standard InChI is InChI=1S/C12H13BO4/c14-12(15)9-3-1-2-8-6-10(7-4-5-7)13(16)17-11(8)9/h1-3,7,10,16H,4-6H2,(H,14,15)/t10-/m1/s1. The van der Waals surface area contributed by atoms with E-state index in [4.69, 9.17) is 9.76 Å². The summed E-state index contributed by atoms with van der Waals surface area (Å²) < 4.78 is 5.41. The summed E-state index contributed by atoms with van der Waals surface area (Å²) >= 11 is 0. The van der Waals surface area contributed by atoms with E-state index in [9.17, 15) is 9.82 Å². The Morgan fingerprint density at radius 3 is 2.82 bits per heavy atom. The average molecular weight is 232 g/mol. The lowest BCUT2D eigenvalue weighted by molar-refractivity contribution is 0.0694. The molecule has 2 aliphatic rings. The smallest absolute Gasteiger partial charge is 0.526 e. The minimum Gasteiger partial charge on any atom is -0.535 e. The van der Waals surface area contributed by atoms with Gasteiger partial charge in [-0.3, -0.25) is 0 Å². The quantitative estimate of drug-likeness (QED) is 0.759. The molecule has 1 heterocycles. The Morgan fingerprint density at radius 2 is 2.18 bits per heavy atom. The van der Waals surface area contributed by atoms with E-state index in [1.807, 2.05) is 6.07 Å². The Morgan fingerprint density at radius 1 is 1.41 bits per heavy atom. The van der Waals surface area contributed by atoms with Gasteiger partial charge >= 0.3 is 13.1 Å². The molecule has 1 atom stereocenters. The number of aromatic carboxylic acids is 1. The third kappa shape index (κ3) is 1.80. The summed E-state index contributed by atoms with van der Waals surface area (Å²) in [5.74, 6) is -0.0264. The lowest BCUT2D eigenvalue weighted by Gasteiger charge is -2.28. The molecule has 3 rings (SSSR count). The molecular formula is C12H13BO4. The highest BCUT2D eigenvalue weighted by atomic mass is 16.5. The highest BCUT2D eigenvalue weighted by molar-refractivity contribution is 6.46. The van der Waals surface area contributed by atoms with E-state index in [1.165, 1.54) is 6.07 Å². The maximum absolute atomic E-state index is 11.0. The number of para-hydroxylation sites is 1. The number of hydrogen-bond acceptors (Lipinski definition) is 3. The molecule has 0 radical (unpaired) electrons. The number of carboxylic acids is 1. The summed E-state index contributed by atoms with van der Waals surface area (Å²) in [5, 5.41) is 19.0. The van der Waals surface area contributed by atoms with Crippen molar-refractivity contribution in [1.82, 2.24) is 0 Å². The lowest BCUT2D eigenvalue weighted by atomic mass is 9.64. The zero-order chi connectivity index (χ0) is 12.0.